The van der Waals surface area contributed by atoms with E-state index in [4.69, 9.17) is 4.98 Å². The van der Waals surface area contributed by atoms with Gasteiger partial charge in [-0.1, -0.05) is 44.2 Å². The molecule has 0 radical (unpaired) electrons. The Balaban J connectivity index is 1.32. The van der Waals surface area contributed by atoms with Crippen molar-refractivity contribution in [1.82, 2.24) is 39.9 Å². The zero-order valence-corrected chi connectivity index (χ0v) is 18.0. The van der Waals surface area contributed by atoms with Crippen LogP contribution >= 0.6 is 0 Å². The average Bonchev–Trinajstić information content (AvgIpc) is 3.45. The molecular weight excluding hydrogens is 388 g/mol. The third-order valence-electron chi connectivity index (χ3n) is 5.17. The Morgan fingerprint density at radius 1 is 1.06 bits per heavy atom. The molecule has 8 nitrogen and oxygen atoms in total. The number of hydrogen-bond donors (Lipinski definition) is 2. The lowest BCUT2D eigenvalue weighted by atomic mass is 9.97. The Hall–Kier alpha value is -3.52. The van der Waals surface area contributed by atoms with Crippen LogP contribution in [0.1, 0.15) is 32.0 Å². The molecule has 0 aliphatic rings. The highest BCUT2D eigenvalue weighted by Crippen LogP contribution is 2.25. The molecule has 5 aromatic rings. The van der Waals surface area contributed by atoms with E-state index >= 15 is 0 Å². The fourth-order valence-corrected chi connectivity index (χ4v) is 3.71. The van der Waals surface area contributed by atoms with Crippen LogP contribution in [0.25, 0.3) is 27.8 Å². The number of nitrogens with one attached hydrogen (secondary N) is 2. The smallest absolute Gasteiger partial charge is 0.137 e. The molecule has 0 aliphatic carbocycles. The lowest BCUT2D eigenvalue weighted by Crippen LogP contribution is -2.26. The molecular formula is C23H26N8. The zero-order chi connectivity index (χ0) is 21.4. The molecule has 0 fully saturated rings. The number of hydrogen-bond acceptors (Lipinski definition) is 5. The second kappa shape index (κ2) is 7.63. The van der Waals surface area contributed by atoms with E-state index in [2.05, 4.69) is 75.5 Å². The Morgan fingerprint density at radius 3 is 2.84 bits per heavy atom. The largest absolute Gasteiger partial charge is 0.312 e. The van der Waals surface area contributed by atoms with Crippen molar-refractivity contribution in [2.45, 2.75) is 33.9 Å². The van der Waals surface area contributed by atoms with E-state index in [1.165, 1.54) is 5.56 Å². The molecule has 5 rings (SSSR count). The number of benzene rings is 1. The molecule has 4 aromatic heterocycles. The van der Waals surface area contributed by atoms with Crippen LogP contribution in [0.5, 0.6) is 0 Å². The van der Waals surface area contributed by atoms with Gasteiger partial charge < -0.3 is 9.72 Å². The van der Waals surface area contributed by atoms with E-state index in [0.717, 1.165) is 46.6 Å². The zero-order valence-electron chi connectivity index (χ0n) is 18.0. The van der Waals surface area contributed by atoms with Crippen LogP contribution in [0, 0.1) is 5.41 Å². The van der Waals surface area contributed by atoms with Crippen LogP contribution in [0.4, 0.5) is 0 Å². The van der Waals surface area contributed by atoms with Gasteiger partial charge in [-0.3, -0.25) is 5.10 Å². The molecule has 4 heterocycles. The number of rotatable bonds is 6. The van der Waals surface area contributed by atoms with Gasteiger partial charge in [0, 0.05) is 36.4 Å². The van der Waals surface area contributed by atoms with Crippen LogP contribution in [-0.2, 0) is 13.1 Å². The van der Waals surface area contributed by atoms with Gasteiger partial charge in [-0.2, -0.15) is 5.10 Å². The van der Waals surface area contributed by atoms with Gasteiger partial charge in [0.1, 0.15) is 11.3 Å². The Morgan fingerprint density at radius 2 is 1.97 bits per heavy atom. The summed E-state index contributed by atoms with van der Waals surface area (Å²) in [6.07, 6.45) is 7.96. The van der Waals surface area contributed by atoms with Crippen LogP contribution in [0.2, 0.25) is 0 Å². The summed E-state index contributed by atoms with van der Waals surface area (Å²) < 4.78 is 3.90. The molecule has 0 bridgehead atoms. The van der Waals surface area contributed by atoms with E-state index in [0.29, 0.717) is 6.54 Å². The van der Waals surface area contributed by atoms with E-state index in [1.54, 1.807) is 0 Å². The monoisotopic (exact) mass is 414 g/mol. The normalized spacial score (nSPS) is 12.2. The molecule has 0 saturated heterocycles. The van der Waals surface area contributed by atoms with Gasteiger partial charge in [-0.05, 0) is 23.1 Å². The molecule has 158 valence electrons. The van der Waals surface area contributed by atoms with Crippen LogP contribution in [0.3, 0.4) is 0 Å². The topological polar surface area (TPSA) is 88.7 Å². The lowest BCUT2D eigenvalue weighted by Gasteiger charge is -2.18. The number of aromatic amines is 1. The SMILES string of the molecule is CC(C)(C)CNCc1ccc2nc(Cn3cc(-c4cccc5[nH]ncc45)nn3)cn2c1. The van der Waals surface area contributed by atoms with Crippen molar-refractivity contribution in [3.8, 4) is 11.3 Å². The van der Waals surface area contributed by atoms with Gasteiger partial charge in [-0.15, -0.1) is 5.10 Å². The molecule has 31 heavy (non-hydrogen) atoms. The minimum Gasteiger partial charge on any atom is -0.312 e. The predicted octanol–water partition coefficient (Wildman–Crippen LogP) is 3.65. The van der Waals surface area contributed by atoms with Gasteiger partial charge in [0.05, 0.1) is 30.1 Å². The number of aromatic nitrogens is 7. The van der Waals surface area contributed by atoms with Crippen molar-refractivity contribution in [2.24, 2.45) is 5.41 Å². The van der Waals surface area contributed by atoms with Gasteiger partial charge >= 0.3 is 0 Å². The van der Waals surface area contributed by atoms with Crippen LogP contribution in [-0.4, -0.2) is 41.1 Å². The van der Waals surface area contributed by atoms with E-state index in [1.807, 2.05) is 35.3 Å². The summed E-state index contributed by atoms with van der Waals surface area (Å²) in [6, 6.07) is 10.2. The molecule has 0 spiro atoms. The third kappa shape index (κ3) is 4.20. The molecule has 8 heteroatoms. The maximum atomic E-state index is 4.73. The lowest BCUT2D eigenvalue weighted by molar-refractivity contribution is 0.379. The van der Waals surface area contributed by atoms with E-state index < -0.39 is 0 Å². The fourth-order valence-electron chi connectivity index (χ4n) is 3.71. The summed E-state index contributed by atoms with van der Waals surface area (Å²) >= 11 is 0. The summed E-state index contributed by atoms with van der Waals surface area (Å²) in [6.45, 7) is 9.07. The first kappa shape index (κ1) is 19.4. The first-order valence-corrected chi connectivity index (χ1v) is 10.4. The molecule has 0 atom stereocenters. The van der Waals surface area contributed by atoms with Crippen LogP contribution < -0.4 is 5.32 Å². The number of fused-ring (bicyclic) bond motifs is 2. The summed E-state index contributed by atoms with van der Waals surface area (Å²) in [5.41, 5.74) is 6.20. The van der Waals surface area contributed by atoms with Gasteiger partial charge in [0.2, 0.25) is 0 Å². The Kier molecular flexibility index (Phi) is 4.78. The highest BCUT2D eigenvalue weighted by Gasteiger charge is 2.11. The number of imidazole rings is 1. The first-order valence-electron chi connectivity index (χ1n) is 10.4. The molecule has 0 aliphatic heterocycles. The molecule has 0 saturated carbocycles. The van der Waals surface area contributed by atoms with Crippen molar-refractivity contribution in [2.75, 3.05) is 6.54 Å². The van der Waals surface area contributed by atoms with Gasteiger partial charge in [-0.25, -0.2) is 9.67 Å². The van der Waals surface area contributed by atoms with E-state index in [-0.39, 0.29) is 5.41 Å². The summed E-state index contributed by atoms with van der Waals surface area (Å²) in [7, 11) is 0. The minimum atomic E-state index is 0.270. The van der Waals surface area contributed by atoms with Gasteiger partial charge in [0.15, 0.2) is 0 Å². The predicted molar refractivity (Wildman–Crippen MR) is 121 cm³/mol. The van der Waals surface area contributed by atoms with Crippen molar-refractivity contribution < 1.29 is 0 Å². The van der Waals surface area contributed by atoms with Crippen LogP contribution in [0.15, 0.2) is 55.1 Å². The highest BCUT2D eigenvalue weighted by atomic mass is 15.4. The highest BCUT2D eigenvalue weighted by molar-refractivity contribution is 5.92. The van der Waals surface area contributed by atoms with Gasteiger partial charge in [0.25, 0.3) is 0 Å². The molecule has 0 unspecified atom stereocenters. The number of nitrogens with zero attached hydrogens (tertiary/aromatic N) is 6. The molecule has 0 amide bonds. The quantitative estimate of drug-likeness (QED) is 0.443. The summed E-state index contributed by atoms with van der Waals surface area (Å²) in [5, 5.41) is 20.3. The Labute approximate surface area is 180 Å². The minimum absolute atomic E-state index is 0.270. The summed E-state index contributed by atoms with van der Waals surface area (Å²) in [4.78, 5) is 4.73. The first-order chi connectivity index (χ1) is 14.9. The van der Waals surface area contributed by atoms with Crippen molar-refractivity contribution >= 4 is 16.6 Å². The van der Waals surface area contributed by atoms with Crippen molar-refractivity contribution in [3.63, 3.8) is 0 Å². The van der Waals surface area contributed by atoms with Crippen molar-refractivity contribution in [1.29, 1.82) is 0 Å². The maximum absolute atomic E-state index is 4.73. The van der Waals surface area contributed by atoms with Crippen molar-refractivity contribution in [3.05, 3.63) is 66.4 Å². The fraction of sp³-hybridized carbons (Fsp3) is 0.304. The molecule has 1 aromatic carbocycles. The average molecular weight is 415 g/mol. The summed E-state index contributed by atoms with van der Waals surface area (Å²) in [5.74, 6) is 0. The molecule has 2 N–H and O–H groups in total. The second-order valence-corrected chi connectivity index (χ2v) is 9.14. The standard InChI is InChI=1S/C23H26N8/c1-23(2,3)15-24-9-16-7-8-22-26-17(12-30(22)11-16)13-31-14-21(28-29-31)18-5-4-6-20-19(18)10-25-27-20/h4-8,10-12,14,24H,9,13,15H2,1-3H3,(H,25,27). The van der Waals surface area contributed by atoms with E-state index in [9.17, 15) is 0 Å². The second-order valence-electron chi connectivity index (χ2n) is 9.14. The Bertz CT molecular complexity index is 1330. The number of pyridine rings is 1. The third-order valence-corrected chi connectivity index (χ3v) is 5.17. The maximum Gasteiger partial charge on any atom is 0.137 e. The number of H-pyrrole nitrogens is 1.